The highest BCUT2D eigenvalue weighted by Crippen LogP contribution is 2.16. The Hall–Kier alpha value is -2.95. The number of amides is 2. The van der Waals surface area contributed by atoms with Crippen LogP contribution in [0.1, 0.15) is 29.8 Å². The van der Waals surface area contributed by atoms with Crippen molar-refractivity contribution >= 4 is 29.0 Å². The van der Waals surface area contributed by atoms with Crippen molar-refractivity contribution in [2.45, 2.75) is 20.3 Å². The fraction of sp³-hybridized carbons (Fsp3) is 0.167. The fourth-order valence-electron chi connectivity index (χ4n) is 2.13. The Morgan fingerprint density at radius 1 is 0.913 bits per heavy atom. The number of Topliss-reactive ketones (excluding diaryl/α,β-unsaturated/α-hetero) is 1. The minimum Gasteiger partial charge on any atom is -0.318 e. The zero-order valence-corrected chi connectivity index (χ0v) is 13.1. The molecule has 2 N–H and O–H groups in total. The van der Waals surface area contributed by atoms with E-state index in [0.717, 1.165) is 12.0 Å². The highest BCUT2D eigenvalue weighted by molar-refractivity contribution is 6.43. The zero-order valence-electron chi connectivity index (χ0n) is 13.1. The van der Waals surface area contributed by atoms with Gasteiger partial charge in [0.05, 0.1) is 0 Å². The van der Waals surface area contributed by atoms with Crippen molar-refractivity contribution < 1.29 is 14.4 Å². The Morgan fingerprint density at radius 3 is 2.30 bits per heavy atom. The molecule has 5 nitrogen and oxygen atoms in total. The molecule has 0 spiro atoms. The van der Waals surface area contributed by atoms with Crippen molar-refractivity contribution in [3.05, 3.63) is 59.7 Å². The van der Waals surface area contributed by atoms with Gasteiger partial charge in [-0.2, -0.15) is 0 Å². The molecular weight excluding hydrogens is 292 g/mol. The number of nitrogens with one attached hydrogen (secondary N) is 2. The molecule has 0 aliphatic rings. The number of aryl methyl sites for hydroxylation is 1. The average Bonchev–Trinajstić information content (AvgIpc) is 2.55. The third-order valence-electron chi connectivity index (χ3n) is 3.38. The maximum Gasteiger partial charge on any atom is 0.314 e. The first kappa shape index (κ1) is 16.4. The van der Waals surface area contributed by atoms with E-state index in [4.69, 9.17) is 0 Å². The van der Waals surface area contributed by atoms with Crippen LogP contribution in [0.25, 0.3) is 0 Å². The van der Waals surface area contributed by atoms with Crippen LogP contribution in [-0.4, -0.2) is 17.6 Å². The lowest BCUT2D eigenvalue weighted by Crippen LogP contribution is -2.29. The zero-order chi connectivity index (χ0) is 16.8. The third-order valence-corrected chi connectivity index (χ3v) is 3.38. The molecule has 5 heteroatoms. The number of benzene rings is 2. The molecule has 0 aliphatic heterocycles. The molecule has 118 valence electrons. The highest BCUT2D eigenvalue weighted by atomic mass is 16.2. The van der Waals surface area contributed by atoms with Crippen molar-refractivity contribution in [3.8, 4) is 0 Å². The summed E-state index contributed by atoms with van der Waals surface area (Å²) in [5, 5.41) is 5.09. The molecule has 0 aliphatic carbocycles. The molecular formula is C18H18N2O3. The molecule has 2 amide bonds. The number of para-hydroxylation sites is 1. The van der Waals surface area contributed by atoms with Crippen LogP contribution in [0.4, 0.5) is 11.4 Å². The van der Waals surface area contributed by atoms with Gasteiger partial charge < -0.3 is 10.6 Å². The van der Waals surface area contributed by atoms with Crippen LogP contribution in [0.5, 0.6) is 0 Å². The summed E-state index contributed by atoms with van der Waals surface area (Å²) in [4.78, 5) is 35.3. The Labute approximate surface area is 134 Å². The average molecular weight is 310 g/mol. The lowest BCUT2D eigenvalue weighted by Gasteiger charge is -2.10. The number of carbonyl (C=O) groups excluding carboxylic acids is 3. The summed E-state index contributed by atoms with van der Waals surface area (Å²) in [6.07, 6.45) is 0.749. The summed E-state index contributed by atoms with van der Waals surface area (Å²) in [5.41, 5.74) is 2.45. The highest BCUT2D eigenvalue weighted by Gasteiger charge is 2.15. The van der Waals surface area contributed by atoms with E-state index in [2.05, 4.69) is 10.6 Å². The van der Waals surface area contributed by atoms with Crippen LogP contribution in [0.2, 0.25) is 0 Å². The normalized spacial score (nSPS) is 10.0. The van der Waals surface area contributed by atoms with Crippen LogP contribution in [0.3, 0.4) is 0 Å². The standard InChI is InChI=1S/C18H18N2O3/c1-3-13-7-4-5-10-16(13)20-18(23)17(22)19-15-9-6-8-14(11-15)12(2)21/h4-11H,3H2,1-2H3,(H,19,22)(H,20,23). The summed E-state index contributed by atoms with van der Waals surface area (Å²) in [6, 6.07) is 13.8. The van der Waals surface area contributed by atoms with Crippen molar-refractivity contribution in [1.29, 1.82) is 0 Å². The lowest BCUT2D eigenvalue weighted by atomic mass is 10.1. The van der Waals surface area contributed by atoms with Crippen LogP contribution in [-0.2, 0) is 16.0 Å². The second-order valence-electron chi connectivity index (χ2n) is 5.06. The minimum atomic E-state index is -0.781. The van der Waals surface area contributed by atoms with Crippen LogP contribution >= 0.6 is 0 Å². The summed E-state index contributed by atoms with van der Waals surface area (Å²) in [6.45, 7) is 3.41. The number of hydrogen-bond acceptors (Lipinski definition) is 3. The van der Waals surface area contributed by atoms with Gasteiger partial charge in [-0.3, -0.25) is 14.4 Å². The van der Waals surface area contributed by atoms with Crippen molar-refractivity contribution in [3.63, 3.8) is 0 Å². The lowest BCUT2D eigenvalue weighted by molar-refractivity contribution is -0.133. The third kappa shape index (κ3) is 4.26. The van der Waals surface area contributed by atoms with Crippen LogP contribution in [0, 0.1) is 0 Å². The van der Waals surface area contributed by atoms with Gasteiger partial charge in [0, 0.05) is 16.9 Å². The number of carbonyl (C=O) groups is 3. The van der Waals surface area contributed by atoms with Gasteiger partial charge in [-0.1, -0.05) is 37.3 Å². The molecule has 2 aromatic carbocycles. The van der Waals surface area contributed by atoms with E-state index >= 15 is 0 Å². The summed E-state index contributed by atoms with van der Waals surface area (Å²) < 4.78 is 0. The molecule has 0 saturated heterocycles. The van der Waals surface area contributed by atoms with Gasteiger partial charge in [0.15, 0.2) is 5.78 Å². The molecule has 23 heavy (non-hydrogen) atoms. The second kappa shape index (κ2) is 7.35. The van der Waals surface area contributed by atoms with Gasteiger partial charge in [-0.05, 0) is 37.1 Å². The minimum absolute atomic E-state index is 0.109. The maximum atomic E-state index is 12.0. The number of anilines is 2. The van der Waals surface area contributed by atoms with E-state index in [-0.39, 0.29) is 5.78 Å². The first-order valence-electron chi connectivity index (χ1n) is 7.32. The predicted molar refractivity (Wildman–Crippen MR) is 89.5 cm³/mol. The van der Waals surface area contributed by atoms with Gasteiger partial charge in [0.1, 0.15) is 0 Å². The van der Waals surface area contributed by atoms with Gasteiger partial charge in [-0.25, -0.2) is 0 Å². The largest absolute Gasteiger partial charge is 0.318 e. The van der Waals surface area contributed by atoms with Crippen molar-refractivity contribution in [1.82, 2.24) is 0 Å². The molecule has 0 saturated carbocycles. The SMILES string of the molecule is CCc1ccccc1NC(=O)C(=O)Nc1cccc(C(C)=O)c1. The van der Waals surface area contributed by atoms with E-state index in [0.29, 0.717) is 16.9 Å². The van der Waals surface area contributed by atoms with E-state index < -0.39 is 11.8 Å². The topological polar surface area (TPSA) is 75.3 Å². The Kier molecular flexibility index (Phi) is 5.25. The van der Waals surface area contributed by atoms with Crippen molar-refractivity contribution in [2.75, 3.05) is 10.6 Å². The molecule has 0 unspecified atom stereocenters. The Bertz CT molecular complexity index is 753. The fourth-order valence-corrected chi connectivity index (χ4v) is 2.13. The predicted octanol–water partition coefficient (Wildman–Crippen LogP) is 3.03. The monoisotopic (exact) mass is 310 g/mol. The van der Waals surface area contributed by atoms with Gasteiger partial charge in [0.2, 0.25) is 0 Å². The van der Waals surface area contributed by atoms with E-state index in [1.807, 2.05) is 19.1 Å². The number of rotatable bonds is 4. The molecule has 0 atom stereocenters. The van der Waals surface area contributed by atoms with Gasteiger partial charge >= 0.3 is 11.8 Å². The van der Waals surface area contributed by atoms with Crippen molar-refractivity contribution in [2.24, 2.45) is 0 Å². The Balaban J connectivity index is 2.07. The molecule has 2 rings (SSSR count). The van der Waals surface area contributed by atoms with Crippen LogP contribution < -0.4 is 10.6 Å². The quantitative estimate of drug-likeness (QED) is 0.673. The van der Waals surface area contributed by atoms with E-state index in [9.17, 15) is 14.4 Å². The van der Waals surface area contributed by atoms with Gasteiger partial charge in [-0.15, -0.1) is 0 Å². The second-order valence-corrected chi connectivity index (χ2v) is 5.06. The van der Waals surface area contributed by atoms with E-state index in [1.54, 1.807) is 30.3 Å². The first-order valence-corrected chi connectivity index (χ1v) is 7.32. The van der Waals surface area contributed by atoms with E-state index in [1.165, 1.54) is 13.0 Å². The number of ketones is 1. The maximum absolute atomic E-state index is 12.0. The number of hydrogen-bond donors (Lipinski definition) is 2. The van der Waals surface area contributed by atoms with Crippen LogP contribution in [0.15, 0.2) is 48.5 Å². The molecule has 0 fully saturated rings. The Morgan fingerprint density at radius 2 is 1.61 bits per heavy atom. The molecule has 0 heterocycles. The molecule has 0 bridgehead atoms. The summed E-state index contributed by atoms with van der Waals surface area (Å²) in [5.74, 6) is -1.64. The van der Waals surface area contributed by atoms with Gasteiger partial charge in [0.25, 0.3) is 0 Å². The summed E-state index contributed by atoms with van der Waals surface area (Å²) >= 11 is 0. The molecule has 0 radical (unpaired) electrons. The summed E-state index contributed by atoms with van der Waals surface area (Å²) in [7, 11) is 0. The first-order chi connectivity index (χ1) is 11.0. The molecule has 2 aromatic rings. The molecule has 0 aromatic heterocycles. The smallest absolute Gasteiger partial charge is 0.314 e.